The molecule has 0 amide bonds. The van der Waals surface area contributed by atoms with E-state index >= 15 is 0 Å². The summed E-state index contributed by atoms with van der Waals surface area (Å²) in [6, 6.07) is 0. The maximum atomic E-state index is 4.10. The number of hydrogen-bond donors (Lipinski definition) is 0. The molecule has 0 N–H and O–H groups in total. The Balaban J connectivity index is 0. The summed E-state index contributed by atoms with van der Waals surface area (Å²) in [7, 11) is 0. The molecule has 2 heteroatoms. The van der Waals surface area contributed by atoms with E-state index in [2.05, 4.69) is 33.4 Å². The van der Waals surface area contributed by atoms with Crippen molar-refractivity contribution in [2.45, 2.75) is 117 Å². The van der Waals surface area contributed by atoms with Crippen molar-refractivity contribution < 1.29 is 21.5 Å². The molecule has 0 aromatic rings. The third-order valence-electron chi connectivity index (χ3n) is 5.72. The van der Waals surface area contributed by atoms with Gasteiger partial charge in [-0.05, 0) is 44.6 Å². The Bertz CT molecular complexity index is 241. The van der Waals surface area contributed by atoms with Crippen LogP contribution in [0.5, 0.6) is 0 Å². The number of quaternary nitrogens is 1. The molecule has 158 valence electrons. The Labute approximate surface area is 177 Å². The fraction of sp³-hybridized carbons (Fsp3) is 0.917. The average Bonchev–Trinajstić information content (AvgIpc) is 2.61. The standard InChI is InChI=1S/C24H50N.BrH/c1-5-9-12-15-18-22-25(21-8-4,23-19-16-13-10-6-2)24-20-17-14-11-7-3;/h8H,4-7,9-24H2,1-3H3;1H/q+1;/p-1. The summed E-state index contributed by atoms with van der Waals surface area (Å²) in [6.45, 7) is 16.4. The van der Waals surface area contributed by atoms with E-state index < -0.39 is 0 Å². The van der Waals surface area contributed by atoms with Gasteiger partial charge in [-0.3, -0.25) is 0 Å². The van der Waals surface area contributed by atoms with Crippen LogP contribution in [0.15, 0.2) is 12.7 Å². The first-order valence-electron chi connectivity index (χ1n) is 11.7. The zero-order chi connectivity index (χ0) is 18.6. The van der Waals surface area contributed by atoms with Crippen molar-refractivity contribution in [3.8, 4) is 0 Å². The minimum Gasteiger partial charge on any atom is -1.00 e. The molecule has 0 aliphatic carbocycles. The smallest absolute Gasteiger partial charge is 0.0971 e. The molecule has 0 fully saturated rings. The summed E-state index contributed by atoms with van der Waals surface area (Å²) >= 11 is 0. The maximum absolute atomic E-state index is 4.10. The van der Waals surface area contributed by atoms with E-state index in [1.165, 1.54) is 127 Å². The van der Waals surface area contributed by atoms with Crippen molar-refractivity contribution in [2.75, 3.05) is 26.2 Å². The molecule has 1 nitrogen and oxygen atoms in total. The van der Waals surface area contributed by atoms with Crippen LogP contribution in [0.25, 0.3) is 0 Å². The first-order chi connectivity index (χ1) is 12.2. The van der Waals surface area contributed by atoms with Gasteiger partial charge < -0.3 is 21.5 Å². The molecule has 0 aliphatic heterocycles. The first kappa shape index (κ1) is 28.4. The summed E-state index contributed by atoms with van der Waals surface area (Å²) in [6.07, 6.45) is 23.3. The van der Waals surface area contributed by atoms with Crippen molar-refractivity contribution in [1.29, 1.82) is 0 Å². The normalized spacial score (nSPS) is 11.3. The molecule has 0 rings (SSSR count). The molecule has 0 bridgehead atoms. The molecule has 26 heavy (non-hydrogen) atoms. The minimum atomic E-state index is 0. The molecule has 0 aromatic carbocycles. The molecule has 0 atom stereocenters. The van der Waals surface area contributed by atoms with Crippen LogP contribution >= 0.6 is 0 Å². The number of hydrogen-bond acceptors (Lipinski definition) is 0. The molecular weight excluding hydrogens is 382 g/mol. The van der Waals surface area contributed by atoms with E-state index in [-0.39, 0.29) is 17.0 Å². The highest BCUT2D eigenvalue weighted by Gasteiger charge is 2.24. The van der Waals surface area contributed by atoms with Crippen LogP contribution in [0, 0.1) is 0 Å². The number of halogens is 1. The van der Waals surface area contributed by atoms with E-state index in [1.54, 1.807) is 0 Å². The zero-order valence-corrected chi connectivity index (χ0v) is 20.1. The maximum Gasteiger partial charge on any atom is 0.0971 e. The number of nitrogens with zero attached hydrogens (tertiary/aromatic N) is 1. The summed E-state index contributed by atoms with van der Waals surface area (Å²) in [4.78, 5) is 0. The molecule has 0 saturated heterocycles. The highest BCUT2D eigenvalue weighted by molar-refractivity contribution is 4.67. The zero-order valence-electron chi connectivity index (χ0n) is 18.5. The fourth-order valence-corrected chi connectivity index (χ4v) is 4.04. The predicted molar refractivity (Wildman–Crippen MR) is 116 cm³/mol. The van der Waals surface area contributed by atoms with Gasteiger partial charge in [-0.2, -0.15) is 0 Å². The molecule has 0 aromatic heterocycles. The van der Waals surface area contributed by atoms with Gasteiger partial charge in [0, 0.05) is 0 Å². The lowest BCUT2D eigenvalue weighted by molar-refractivity contribution is -0.923. The van der Waals surface area contributed by atoms with E-state index in [4.69, 9.17) is 0 Å². The summed E-state index contributed by atoms with van der Waals surface area (Å²) in [5.74, 6) is 0. The van der Waals surface area contributed by atoms with Crippen LogP contribution < -0.4 is 17.0 Å². The Kier molecular flexibility index (Phi) is 23.5. The highest BCUT2D eigenvalue weighted by Crippen LogP contribution is 2.18. The van der Waals surface area contributed by atoms with Crippen LogP contribution in [-0.4, -0.2) is 30.7 Å². The fourth-order valence-electron chi connectivity index (χ4n) is 4.04. The lowest BCUT2D eigenvalue weighted by Gasteiger charge is -2.38. The topological polar surface area (TPSA) is 0 Å². The van der Waals surface area contributed by atoms with E-state index in [0.29, 0.717) is 0 Å². The van der Waals surface area contributed by atoms with Gasteiger partial charge in [0.1, 0.15) is 0 Å². The highest BCUT2D eigenvalue weighted by atomic mass is 79.9. The Morgan fingerprint density at radius 2 is 0.846 bits per heavy atom. The van der Waals surface area contributed by atoms with Gasteiger partial charge in [-0.25, -0.2) is 0 Å². The van der Waals surface area contributed by atoms with Gasteiger partial charge in [0.15, 0.2) is 0 Å². The van der Waals surface area contributed by atoms with Crippen LogP contribution in [0.1, 0.15) is 117 Å². The monoisotopic (exact) mass is 431 g/mol. The van der Waals surface area contributed by atoms with Gasteiger partial charge in [-0.15, -0.1) is 0 Å². The minimum absolute atomic E-state index is 0. The van der Waals surface area contributed by atoms with Gasteiger partial charge in [0.2, 0.25) is 0 Å². The largest absolute Gasteiger partial charge is 1.00 e. The molecule has 0 radical (unpaired) electrons. The van der Waals surface area contributed by atoms with Gasteiger partial charge in [0.25, 0.3) is 0 Å². The molecule has 0 aliphatic rings. The molecular formula is C24H50BrN. The lowest BCUT2D eigenvalue weighted by Crippen LogP contribution is -3.00. The van der Waals surface area contributed by atoms with E-state index in [1.807, 2.05) is 0 Å². The lowest BCUT2D eigenvalue weighted by atomic mass is 10.1. The molecule has 0 saturated carbocycles. The van der Waals surface area contributed by atoms with Gasteiger partial charge in [0.05, 0.1) is 26.2 Å². The van der Waals surface area contributed by atoms with Crippen molar-refractivity contribution in [2.24, 2.45) is 0 Å². The first-order valence-corrected chi connectivity index (χ1v) is 11.7. The van der Waals surface area contributed by atoms with E-state index in [0.717, 1.165) is 0 Å². The van der Waals surface area contributed by atoms with Crippen molar-refractivity contribution in [3.05, 3.63) is 12.7 Å². The average molecular weight is 433 g/mol. The molecule has 0 unspecified atom stereocenters. The Morgan fingerprint density at radius 3 is 1.12 bits per heavy atom. The van der Waals surface area contributed by atoms with E-state index in [9.17, 15) is 0 Å². The second kappa shape index (κ2) is 21.5. The SMILES string of the molecule is C=CC[N+](CCCCCCC)(CCCCCCC)CCCCCCC.[Br-]. The summed E-state index contributed by atoms with van der Waals surface area (Å²) < 4.78 is 1.33. The summed E-state index contributed by atoms with van der Waals surface area (Å²) in [5, 5.41) is 0. The van der Waals surface area contributed by atoms with Gasteiger partial charge >= 0.3 is 0 Å². The molecule has 0 heterocycles. The van der Waals surface area contributed by atoms with Crippen LogP contribution in [-0.2, 0) is 0 Å². The number of unbranched alkanes of at least 4 members (excludes halogenated alkanes) is 12. The second-order valence-corrected chi connectivity index (χ2v) is 8.23. The van der Waals surface area contributed by atoms with Crippen LogP contribution in [0.2, 0.25) is 0 Å². The summed E-state index contributed by atoms with van der Waals surface area (Å²) in [5.41, 5.74) is 0. The number of rotatable bonds is 20. The Hall–Kier alpha value is 0.180. The van der Waals surface area contributed by atoms with Crippen molar-refractivity contribution in [1.82, 2.24) is 0 Å². The van der Waals surface area contributed by atoms with Gasteiger partial charge in [-0.1, -0.05) is 85.1 Å². The van der Waals surface area contributed by atoms with Crippen LogP contribution in [0.4, 0.5) is 0 Å². The quantitative estimate of drug-likeness (QED) is 0.146. The molecule has 0 spiro atoms. The third kappa shape index (κ3) is 16.4. The van der Waals surface area contributed by atoms with Crippen molar-refractivity contribution >= 4 is 0 Å². The van der Waals surface area contributed by atoms with Crippen molar-refractivity contribution in [3.63, 3.8) is 0 Å². The Morgan fingerprint density at radius 1 is 0.538 bits per heavy atom. The second-order valence-electron chi connectivity index (χ2n) is 8.23. The third-order valence-corrected chi connectivity index (χ3v) is 5.72. The van der Waals surface area contributed by atoms with Crippen LogP contribution in [0.3, 0.4) is 0 Å². The predicted octanol–water partition coefficient (Wildman–Crippen LogP) is 4.90.